The summed E-state index contributed by atoms with van der Waals surface area (Å²) in [6.07, 6.45) is 0. The topological polar surface area (TPSA) is 27.7 Å². The van der Waals surface area contributed by atoms with Gasteiger partial charge < -0.3 is 14.0 Å². The van der Waals surface area contributed by atoms with Gasteiger partial charge in [-0.1, -0.05) is 23.8 Å². The summed E-state index contributed by atoms with van der Waals surface area (Å²) < 4.78 is 17.8. The van der Waals surface area contributed by atoms with Gasteiger partial charge in [0.15, 0.2) is 0 Å². The van der Waals surface area contributed by atoms with E-state index in [1.54, 1.807) is 7.11 Å². The van der Waals surface area contributed by atoms with E-state index in [-0.39, 0.29) is 23.9 Å². The summed E-state index contributed by atoms with van der Waals surface area (Å²) >= 11 is 0. The van der Waals surface area contributed by atoms with Gasteiger partial charge in [-0.25, -0.2) is 0 Å². The second-order valence-electron chi connectivity index (χ2n) is 7.37. The maximum atomic E-state index is 6.13. The molecule has 2 rings (SSSR count). The highest BCUT2D eigenvalue weighted by molar-refractivity contribution is 6.62. The zero-order chi connectivity index (χ0) is 16.1. The van der Waals surface area contributed by atoms with Gasteiger partial charge >= 0.3 is 7.12 Å². The third kappa shape index (κ3) is 2.89. The SMILES string of the molecule is COC(C)(C)c1ccc(B2OC(C)(C)C(C)(C)O2)c(C)c1. The normalized spacial score (nSPS) is 20.9. The predicted molar refractivity (Wildman–Crippen MR) is 86.9 cm³/mol. The van der Waals surface area contributed by atoms with Crippen molar-refractivity contribution in [2.75, 3.05) is 7.11 Å². The molecular formula is C17H27BO3. The lowest BCUT2D eigenvalue weighted by Crippen LogP contribution is -2.41. The largest absolute Gasteiger partial charge is 0.495 e. The first-order valence-corrected chi connectivity index (χ1v) is 7.52. The Morgan fingerprint density at radius 2 is 1.57 bits per heavy atom. The van der Waals surface area contributed by atoms with Crippen molar-refractivity contribution >= 4 is 12.6 Å². The van der Waals surface area contributed by atoms with E-state index in [4.69, 9.17) is 14.0 Å². The van der Waals surface area contributed by atoms with Gasteiger partial charge in [0.25, 0.3) is 0 Å². The first kappa shape index (κ1) is 16.5. The molecule has 4 heteroatoms. The number of benzene rings is 1. The van der Waals surface area contributed by atoms with Gasteiger partial charge in [0, 0.05) is 7.11 Å². The fourth-order valence-electron chi connectivity index (χ4n) is 2.40. The van der Waals surface area contributed by atoms with Crippen molar-refractivity contribution in [3.8, 4) is 0 Å². The molecule has 0 radical (unpaired) electrons. The molecule has 1 aliphatic heterocycles. The molecule has 3 nitrogen and oxygen atoms in total. The first-order valence-electron chi connectivity index (χ1n) is 7.52. The smallest absolute Gasteiger partial charge is 0.399 e. The van der Waals surface area contributed by atoms with Gasteiger partial charge in [0.1, 0.15) is 0 Å². The zero-order valence-electron chi connectivity index (χ0n) is 14.5. The van der Waals surface area contributed by atoms with E-state index >= 15 is 0 Å². The summed E-state index contributed by atoms with van der Waals surface area (Å²) in [6.45, 7) is 14.5. The highest BCUT2D eigenvalue weighted by Gasteiger charge is 2.52. The molecular weight excluding hydrogens is 263 g/mol. The van der Waals surface area contributed by atoms with Crippen LogP contribution >= 0.6 is 0 Å². The summed E-state index contributed by atoms with van der Waals surface area (Å²) in [5, 5.41) is 0. The van der Waals surface area contributed by atoms with Crippen LogP contribution in [0.15, 0.2) is 18.2 Å². The number of hydrogen-bond donors (Lipinski definition) is 0. The van der Waals surface area contributed by atoms with Crippen LogP contribution in [0.3, 0.4) is 0 Å². The highest BCUT2D eigenvalue weighted by atomic mass is 16.7. The van der Waals surface area contributed by atoms with Crippen LogP contribution in [-0.4, -0.2) is 25.4 Å². The molecule has 1 saturated heterocycles. The zero-order valence-corrected chi connectivity index (χ0v) is 14.5. The van der Waals surface area contributed by atoms with Crippen molar-refractivity contribution in [1.29, 1.82) is 0 Å². The van der Waals surface area contributed by atoms with Crippen molar-refractivity contribution < 1.29 is 14.0 Å². The van der Waals surface area contributed by atoms with Gasteiger partial charge in [-0.05, 0) is 59.5 Å². The van der Waals surface area contributed by atoms with E-state index < -0.39 is 0 Å². The minimum atomic E-state index is -0.311. The van der Waals surface area contributed by atoms with E-state index in [0.29, 0.717) is 0 Å². The molecule has 0 saturated carbocycles. The molecule has 0 aromatic heterocycles. The number of aryl methyl sites for hydroxylation is 1. The molecule has 0 atom stereocenters. The monoisotopic (exact) mass is 290 g/mol. The fourth-order valence-corrected chi connectivity index (χ4v) is 2.40. The van der Waals surface area contributed by atoms with E-state index in [0.717, 1.165) is 16.6 Å². The molecule has 0 unspecified atom stereocenters. The lowest BCUT2D eigenvalue weighted by atomic mass is 9.75. The number of ether oxygens (including phenoxy) is 1. The van der Waals surface area contributed by atoms with Gasteiger partial charge in [-0.3, -0.25) is 0 Å². The van der Waals surface area contributed by atoms with E-state index in [1.807, 2.05) is 0 Å². The second kappa shape index (κ2) is 5.11. The predicted octanol–water partition coefficient (Wildman–Crippen LogP) is 3.18. The average Bonchev–Trinajstić information content (AvgIpc) is 2.58. The fraction of sp³-hybridized carbons (Fsp3) is 0.647. The Balaban J connectivity index is 2.32. The van der Waals surface area contributed by atoms with E-state index in [9.17, 15) is 0 Å². The molecule has 0 spiro atoms. The first-order chi connectivity index (χ1) is 9.50. The minimum absolute atomic E-state index is 0.292. The minimum Gasteiger partial charge on any atom is -0.399 e. The van der Waals surface area contributed by atoms with Crippen LogP contribution in [0, 0.1) is 6.92 Å². The summed E-state index contributed by atoms with van der Waals surface area (Å²) in [5.41, 5.74) is 2.49. The van der Waals surface area contributed by atoms with Crippen LogP contribution in [0.1, 0.15) is 52.7 Å². The van der Waals surface area contributed by atoms with Gasteiger partial charge in [0.2, 0.25) is 0 Å². The Kier molecular flexibility index (Phi) is 4.03. The van der Waals surface area contributed by atoms with Crippen LogP contribution in [0.25, 0.3) is 0 Å². The molecule has 21 heavy (non-hydrogen) atoms. The van der Waals surface area contributed by atoms with Crippen LogP contribution in [-0.2, 0) is 19.6 Å². The number of hydrogen-bond acceptors (Lipinski definition) is 3. The van der Waals surface area contributed by atoms with Crippen molar-refractivity contribution in [2.45, 2.75) is 65.3 Å². The maximum Gasteiger partial charge on any atom is 0.495 e. The Morgan fingerprint density at radius 1 is 1.05 bits per heavy atom. The number of rotatable bonds is 3. The molecule has 0 N–H and O–H groups in total. The van der Waals surface area contributed by atoms with Gasteiger partial charge in [-0.2, -0.15) is 0 Å². The standard InChI is InChI=1S/C17H27BO3/c1-12-11-13(15(2,3)19-8)9-10-14(12)18-20-16(4,5)17(6,7)21-18/h9-11H,1-8H3. The Bertz CT molecular complexity index is 519. The lowest BCUT2D eigenvalue weighted by molar-refractivity contribution is 0.00578. The summed E-state index contributed by atoms with van der Waals surface area (Å²) in [4.78, 5) is 0. The molecule has 0 amide bonds. The number of methoxy groups -OCH3 is 1. The van der Waals surface area contributed by atoms with Crippen molar-refractivity contribution in [2.24, 2.45) is 0 Å². The van der Waals surface area contributed by atoms with Crippen molar-refractivity contribution in [3.05, 3.63) is 29.3 Å². The van der Waals surface area contributed by atoms with Crippen LogP contribution < -0.4 is 5.46 Å². The Hall–Kier alpha value is -0.835. The molecule has 1 aromatic rings. The molecule has 1 aliphatic rings. The van der Waals surface area contributed by atoms with Crippen molar-refractivity contribution in [3.63, 3.8) is 0 Å². The summed E-state index contributed by atoms with van der Waals surface area (Å²) in [5.74, 6) is 0. The van der Waals surface area contributed by atoms with Crippen molar-refractivity contribution in [1.82, 2.24) is 0 Å². The third-order valence-corrected chi connectivity index (χ3v) is 4.98. The maximum absolute atomic E-state index is 6.13. The van der Waals surface area contributed by atoms with Gasteiger partial charge in [0.05, 0.1) is 16.8 Å². The van der Waals surface area contributed by atoms with Gasteiger partial charge in [-0.15, -0.1) is 0 Å². The van der Waals surface area contributed by atoms with Crippen LogP contribution in [0.5, 0.6) is 0 Å². The average molecular weight is 290 g/mol. The lowest BCUT2D eigenvalue weighted by Gasteiger charge is -2.32. The quantitative estimate of drug-likeness (QED) is 0.800. The van der Waals surface area contributed by atoms with E-state index in [1.165, 1.54) is 0 Å². The summed E-state index contributed by atoms with van der Waals surface area (Å²) in [7, 11) is 1.42. The molecule has 116 valence electrons. The highest BCUT2D eigenvalue weighted by Crippen LogP contribution is 2.37. The Morgan fingerprint density at radius 3 is 2.00 bits per heavy atom. The molecule has 1 fully saturated rings. The van der Waals surface area contributed by atoms with Crippen LogP contribution in [0.2, 0.25) is 0 Å². The third-order valence-electron chi connectivity index (χ3n) is 4.98. The Labute approximate surface area is 129 Å². The summed E-state index contributed by atoms with van der Waals surface area (Å²) in [6, 6.07) is 6.34. The van der Waals surface area contributed by atoms with E-state index in [2.05, 4.69) is 66.7 Å². The molecule has 1 aromatic carbocycles. The molecule has 0 aliphatic carbocycles. The van der Waals surface area contributed by atoms with Crippen LogP contribution in [0.4, 0.5) is 0 Å². The second-order valence-corrected chi connectivity index (χ2v) is 7.37. The molecule has 0 bridgehead atoms. The molecule has 1 heterocycles.